The van der Waals surface area contributed by atoms with Crippen LogP contribution in [0, 0.1) is 6.92 Å². The van der Waals surface area contributed by atoms with Crippen LogP contribution in [0.15, 0.2) is 6.20 Å². The Morgan fingerprint density at radius 3 is 2.88 bits per heavy atom. The van der Waals surface area contributed by atoms with Gasteiger partial charge in [-0.15, -0.1) is 0 Å². The van der Waals surface area contributed by atoms with Gasteiger partial charge in [0.25, 0.3) is 6.43 Å². The second-order valence-electron chi connectivity index (χ2n) is 3.37. The number of aromatic nitrogens is 2. The maximum absolute atomic E-state index is 11.8. The Kier molecular flexibility index (Phi) is 5.55. The van der Waals surface area contributed by atoms with Crippen molar-refractivity contribution in [3.63, 3.8) is 0 Å². The number of nitrogens with zero attached hydrogens (tertiary/aromatic N) is 2. The lowest BCUT2D eigenvalue weighted by Crippen LogP contribution is -2.14. The van der Waals surface area contributed by atoms with Gasteiger partial charge in [-0.3, -0.25) is 0 Å². The highest BCUT2D eigenvalue weighted by Crippen LogP contribution is 2.11. The monoisotopic (exact) mass is 246 g/mol. The third-order valence-corrected chi connectivity index (χ3v) is 1.98. The van der Waals surface area contributed by atoms with Crippen molar-refractivity contribution in [1.29, 1.82) is 0 Å². The predicted octanol–water partition coefficient (Wildman–Crippen LogP) is 1.52. The number of ether oxygens (including phenoxy) is 1. The van der Waals surface area contributed by atoms with Gasteiger partial charge >= 0.3 is 0 Å². The van der Waals surface area contributed by atoms with Crippen LogP contribution in [-0.2, 0) is 4.74 Å². The maximum atomic E-state index is 11.8. The van der Waals surface area contributed by atoms with Gasteiger partial charge in [-0.2, -0.15) is 4.98 Å². The Bertz CT molecular complexity index is 349. The topological polar surface area (TPSA) is 59.1 Å². The molecule has 1 heterocycles. The average Bonchev–Trinajstić information content (AvgIpc) is 2.30. The van der Waals surface area contributed by atoms with Crippen molar-refractivity contribution >= 4 is 11.8 Å². The van der Waals surface area contributed by atoms with E-state index >= 15 is 0 Å². The number of hydrogen-bond acceptors (Lipinski definition) is 5. The molecule has 0 unspecified atom stereocenters. The van der Waals surface area contributed by atoms with Crippen LogP contribution in [0.1, 0.15) is 5.56 Å². The minimum atomic E-state index is -2.42. The highest BCUT2D eigenvalue weighted by atomic mass is 19.3. The van der Waals surface area contributed by atoms with Crippen LogP contribution in [0.4, 0.5) is 20.5 Å². The zero-order chi connectivity index (χ0) is 12.7. The fourth-order valence-corrected chi connectivity index (χ4v) is 1.16. The van der Waals surface area contributed by atoms with Crippen LogP contribution in [0.25, 0.3) is 0 Å². The summed E-state index contributed by atoms with van der Waals surface area (Å²) in [6.45, 7) is 1.96. The molecule has 1 rings (SSSR count). The van der Waals surface area contributed by atoms with E-state index < -0.39 is 13.0 Å². The van der Waals surface area contributed by atoms with E-state index in [1.807, 2.05) is 6.92 Å². The lowest BCUT2D eigenvalue weighted by atomic mass is 10.3. The predicted molar refractivity (Wildman–Crippen MR) is 61.6 cm³/mol. The first-order valence-electron chi connectivity index (χ1n) is 5.24. The Morgan fingerprint density at radius 2 is 2.24 bits per heavy atom. The lowest BCUT2D eigenvalue weighted by Gasteiger charge is -2.09. The summed E-state index contributed by atoms with van der Waals surface area (Å²) in [6.07, 6.45) is -0.743. The Hall–Kier alpha value is -1.50. The fourth-order valence-electron chi connectivity index (χ4n) is 1.16. The number of nitrogens with one attached hydrogen (secondary N) is 2. The summed E-state index contributed by atoms with van der Waals surface area (Å²) in [6, 6.07) is 0. The van der Waals surface area contributed by atoms with Crippen molar-refractivity contribution in [2.24, 2.45) is 0 Å². The Labute approximate surface area is 98.6 Å². The lowest BCUT2D eigenvalue weighted by molar-refractivity contribution is 0.0215. The van der Waals surface area contributed by atoms with Crippen LogP contribution in [0.2, 0.25) is 0 Å². The molecule has 5 nitrogen and oxygen atoms in total. The number of hydrogen-bond donors (Lipinski definition) is 2. The fraction of sp³-hybridized carbons (Fsp3) is 0.600. The minimum Gasteiger partial charge on any atom is -0.374 e. The van der Waals surface area contributed by atoms with Gasteiger partial charge in [0.2, 0.25) is 5.95 Å². The van der Waals surface area contributed by atoms with Crippen LogP contribution in [-0.4, -0.2) is 43.2 Å². The van der Waals surface area contributed by atoms with Gasteiger partial charge < -0.3 is 15.4 Å². The molecule has 0 saturated carbocycles. The van der Waals surface area contributed by atoms with E-state index in [2.05, 4.69) is 20.6 Å². The Balaban J connectivity index is 2.35. The van der Waals surface area contributed by atoms with Crippen molar-refractivity contribution in [3.05, 3.63) is 11.8 Å². The molecule has 17 heavy (non-hydrogen) atoms. The second kappa shape index (κ2) is 6.95. The van der Waals surface area contributed by atoms with Crippen LogP contribution >= 0.6 is 0 Å². The van der Waals surface area contributed by atoms with E-state index in [0.29, 0.717) is 18.3 Å². The SMILES string of the molecule is CNc1ncc(C)c(NCCOCC(F)F)n1. The van der Waals surface area contributed by atoms with Gasteiger partial charge in [-0.1, -0.05) is 0 Å². The quantitative estimate of drug-likeness (QED) is 0.714. The highest BCUT2D eigenvalue weighted by Gasteiger charge is 2.03. The number of aryl methyl sites for hydroxylation is 1. The molecule has 1 aromatic rings. The van der Waals surface area contributed by atoms with E-state index in [4.69, 9.17) is 4.74 Å². The van der Waals surface area contributed by atoms with Crippen LogP contribution in [0.5, 0.6) is 0 Å². The van der Waals surface area contributed by atoms with Crippen LogP contribution < -0.4 is 10.6 Å². The van der Waals surface area contributed by atoms with Gasteiger partial charge in [0.05, 0.1) is 6.61 Å². The molecule has 0 radical (unpaired) electrons. The molecule has 7 heteroatoms. The van der Waals surface area contributed by atoms with Gasteiger partial charge in [-0.25, -0.2) is 13.8 Å². The summed E-state index contributed by atoms with van der Waals surface area (Å²) in [4.78, 5) is 8.22. The van der Waals surface area contributed by atoms with Crippen molar-refractivity contribution in [3.8, 4) is 0 Å². The maximum Gasteiger partial charge on any atom is 0.261 e. The van der Waals surface area contributed by atoms with Crippen molar-refractivity contribution in [1.82, 2.24) is 9.97 Å². The van der Waals surface area contributed by atoms with Crippen molar-refractivity contribution in [2.45, 2.75) is 13.3 Å². The molecule has 0 aliphatic carbocycles. The summed E-state index contributed by atoms with van der Waals surface area (Å²) in [7, 11) is 1.72. The molecule has 0 fully saturated rings. The molecule has 0 bridgehead atoms. The number of anilines is 2. The van der Waals surface area contributed by atoms with E-state index in [1.54, 1.807) is 13.2 Å². The van der Waals surface area contributed by atoms with Crippen molar-refractivity contribution < 1.29 is 13.5 Å². The third-order valence-electron chi connectivity index (χ3n) is 1.98. The molecule has 0 saturated heterocycles. The summed E-state index contributed by atoms with van der Waals surface area (Å²) in [5.74, 6) is 1.18. The smallest absolute Gasteiger partial charge is 0.261 e. The zero-order valence-corrected chi connectivity index (χ0v) is 9.83. The van der Waals surface area contributed by atoms with E-state index in [1.165, 1.54) is 0 Å². The molecule has 0 amide bonds. The first-order chi connectivity index (χ1) is 8.13. The molecule has 96 valence electrons. The molecular formula is C10H16F2N4O. The van der Waals surface area contributed by atoms with Crippen LogP contribution in [0.3, 0.4) is 0 Å². The second-order valence-corrected chi connectivity index (χ2v) is 3.37. The summed E-state index contributed by atoms with van der Waals surface area (Å²) in [5, 5.41) is 5.82. The summed E-state index contributed by atoms with van der Waals surface area (Å²) in [5.41, 5.74) is 0.887. The van der Waals surface area contributed by atoms with Crippen molar-refractivity contribution in [2.75, 3.05) is 37.4 Å². The number of alkyl halides is 2. The number of halogens is 2. The standard InChI is InChI=1S/C10H16F2N4O/c1-7-5-15-10(13-2)16-9(7)14-3-4-17-6-8(11)12/h5,8H,3-4,6H2,1-2H3,(H2,13,14,15,16). The molecule has 0 spiro atoms. The third kappa shape index (κ3) is 4.90. The van der Waals surface area contributed by atoms with E-state index in [9.17, 15) is 8.78 Å². The first-order valence-corrected chi connectivity index (χ1v) is 5.24. The summed E-state index contributed by atoms with van der Waals surface area (Å²) < 4.78 is 28.3. The van der Waals surface area contributed by atoms with E-state index in [-0.39, 0.29) is 6.61 Å². The molecule has 0 aliphatic heterocycles. The average molecular weight is 246 g/mol. The highest BCUT2D eigenvalue weighted by molar-refractivity contribution is 5.46. The Morgan fingerprint density at radius 1 is 1.47 bits per heavy atom. The minimum absolute atomic E-state index is 0.211. The van der Waals surface area contributed by atoms with Gasteiger partial charge in [0.1, 0.15) is 12.4 Å². The largest absolute Gasteiger partial charge is 0.374 e. The number of rotatable bonds is 7. The molecular weight excluding hydrogens is 230 g/mol. The summed E-state index contributed by atoms with van der Waals surface area (Å²) >= 11 is 0. The molecule has 0 aromatic carbocycles. The molecule has 0 aliphatic rings. The molecule has 2 N–H and O–H groups in total. The van der Waals surface area contributed by atoms with E-state index in [0.717, 1.165) is 5.56 Å². The molecule has 0 atom stereocenters. The normalized spacial score (nSPS) is 10.6. The van der Waals surface area contributed by atoms with Gasteiger partial charge in [0.15, 0.2) is 0 Å². The zero-order valence-electron chi connectivity index (χ0n) is 9.83. The van der Waals surface area contributed by atoms with Gasteiger partial charge in [0, 0.05) is 25.4 Å². The molecule has 1 aromatic heterocycles. The van der Waals surface area contributed by atoms with Gasteiger partial charge in [-0.05, 0) is 6.92 Å². The first kappa shape index (κ1) is 13.6.